The van der Waals surface area contributed by atoms with Gasteiger partial charge in [0.2, 0.25) is 10.8 Å². The second-order valence-electron chi connectivity index (χ2n) is 7.29. The van der Waals surface area contributed by atoms with Crippen LogP contribution in [0.4, 0.5) is 0 Å². The van der Waals surface area contributed by atoms with Crippen LogP contribution in [0, 0.1) is 36.5 Å². The number of hydrogen-bond donors (Lipinski definition) is 2. The normalized spacial score (nSPS) is 14.6. The summed E-state index contributed by atoms with van der Waals surface area (Å²) < 4.78 is 0. The van der Waals surface area contributed by atoms with Gasteiger partial charge in [-0.05, 0) is 54.5 Å². The Balaban J connectivity index is 3.13. The van der Waals surface area contributed by atoms with E-state index in [-0.39, 0.29) is 11.1 Å². The Hall–Kier alpha value is -3.64. The summed E-state index contributed by atoms with van der Waals surface area (Å²) in [7, 11) is 0. The van der Waals surface area contributed by atoms with Crippen molar-refractivity contribution < 1.29 is 19.8 Å². The fourth-order valence-electron chi connectivity index (χ4n) is 4.23. The summed E-state index contributed by atoms with van der Waals surface area (Å²) in [5.74, 6) is -3.35. The molecule has 154 valence electrons. The lowest BCUT2D eigenvalue weighted by Gasteiger charge is -2.37. The quantitative estimate of drug-likeness (QED) is 0.723. The van der Waals surface area contributed by atoms with Gasteiger partial charge in [0.05, 0.1) is 12.1 Å². The number of rotatable bonds is 7. The van der Waals surface area contributed by atoms with Gasteiger partial charge in [0, 0.05) is 0 Å². The van der Waals surface area contributed by atoms with Crippen molar-refractivity contribution in [2.24, 2.45) is 0 Å². The van der Waals surface area contributed by atoms with E-state index in [2.05, 4.69) is 0 Å². The standard InChI is InChI=1S/C24H24N2O4/c1-5-18-16(4)9-12-20(19(18)6-2)24(14-26,22(29)30)23(13-25,21(27)28)17-10-7-15(3)8-11-17/h7-12H,5-6H2,1-4H3,(H,27,28)(H,29,30). The molecule has 0 radical (unpaired) electrons. The van der Waals surface area contributed by atoms with Crippen molar-refractivity contribution in [1.82, 2.24) is 0 Å². The Morgan fingerprint density at radius 1 is 0.833 bits per heavy atom. The summed E-state index contributed by atoms with van der Waals surface area (Å²) in [5, 5.41) is 40.9. The molecule has 0 saturated heterocycles. The summed E-state index contributed by atoms with van der Waals surface area (Å²) in [5.41, 5.74) is -2.11. The molecule has 30 heavy (non-hydrogen) atoms. The highest BCUT2D eigenvalue weighted by molar-refractivity contribution is 6.01. The number of carboxylic acid groups (broad SMARTS) is 2. The van der Waals surface area contributed by atoms with E-state index in [0.717, 1.165) is 16.7 Å². The fourth-order valence-corrected chi connectivity index (χ4v) is 4.23. The van der Waals surface area contributed by atoms with Gasteiger partial charge in [-0.25, -0.2) is 0 Å². The molecule has 2 aromatic rings. The number of aryl methyl sites for hydroxylation is 2. The van der Waals surface area contributed by atoms with Crippen LogP contribution in [0.3, 0.4) is 0 Å². The zero-order chi connectivity index (χ0) is 22.7. The SMILES string of the molecule is CCc1c(C)ccc(C(C#N)(C(=O)O)C(C#N)(C(=O)O)c2ccc(C)cc2)c1CC. The van der Waals surface area contributed by atoms with Crippen LogP contribution in [0.1, 0.15) is 47.2 Å². The van der Waals surface area contributed by atoms with Crippen molar-refractivity contribution in [2.45, 2.75) is 51.4 Å². The van der Waals surface area contributed by atoms with E-state index in [1.54, 1.807) is 37.3 Å². The van der Waals surface area contributed by atoms with E-state index >= 15 is 0 Å². The highest BCUT2D eigenvalue weighted by Gasteiger charge is 2.66. The van der Waals surface area contributed by atoms with Crippen molar-refractivity contribution >= 4 is 11.9 Å². The zero-order valence-electron chi connectivity index (χ0n) is 17.5. The van der Waals surface area contributed by atoms with Crippen LogP contribution in [0.2, 0.25) is 0 Å². The number of benzene rings is 2. The number of nitriles is 2. The molecule has 0 saturated carbocycles. The molecule has 0 amide bonds. The summed E-state index contributed by atoms with van der Waals surface area (Å²) in [6.45, 7) is 7.40. The molecule has 0 aliphatic carbocycles. The molecule has 0 aliphatic rings. The minimum Gasteiger partial charge on any atom is -0.480 e. The van der Waals surface area contributed by atoms with Gasteiger partial charge >= 0.3 is 11.9 Å². The van der Waals surface area contributed by atoms with Crippen LogP contribution in [-0.2, 0) is 33.3 Å². The zero-order valence-corrected chi connectivity index (χ0v) is 17.5. The van der Waals surface area contributed by atoms with Gasteiger partial charge in [0.1, 0.15) is 0 Å². The monoisotopic (exact) mass is 404 g/mol. The molecule has 2 unspecified atom stereocenters. The molecule has 2 atom stereocenters. The van der Waals surface area contributed by atoms with E-state index < -0.39 is 22.8 Å². The molecule has 0 bridgehead atoms. The van der Waals surface area contributed by atoms with Crippen molar-refractivity contribution in [3.63, 3.8) is 0 Å². The Bertz CT molecular complexity index is 1080. The molecule has 6 heteroatoms. The number of carbonyl (C=O) groups is 2. The highest BCUT2D eigenvalue weighted by Crippen LogP contribution is 2.47. The van der Waals surface area contributed by atoms with Crippen molar-refractivity contribution in [3.8, 4) is 12.1 Å². The maximum atomic E-state index is 12.7. The first kappa shape index (κ1) is 22.6. The molecule has 6 nitrogen and oxygen atoms in total. The minimum atomic E-state index is -2.65. The third-order valence-electron chi connectivity index (χ3n) is 5.80. The number of carboxylic acids is 2. The average Bonchev–Trinajstić information content (AvgIpc) is 2.72. The van der Waals surface area contributed by atoms with Gasteiger partial charge in [-0.1, -0.05) is 55.8 Å². The molecule has 2 aromatic carbocycles. The highest BCUT2D eigenvalue weighted by atomic mass is 16.4. The maximum Gasteiger partial charge on any atom is 0.331 e. The van der Waals surface area contributed by atoms with E-state index in [0.29, 0.717) is 18.4 Å². The van der Waals surface area contributed by atoms with Gasteiger partial charge < -0.3 is 10.2 Å². The lowest BCUT2D eigenvalue weighted by molar-refractivity contribution is -0.153. The fraction of sp³-hybridized carbons (Fsp3) is 0.333. The molecule has 2 N–H and O–H groups in total. The van der Waals surface area contributed by atoms with Crippen LogP contribution in [0.5, 0.6) is 0 Å². The molecule has 0 fully saturated rings. The predicted octanol–water partition coefficient (Wildman–Crippen LogP) is 3.82. The molecular weight excluding hydrogens is 380 g/mol. The topological polar surface area (TPSA) is 122 Å². The Morgan fingerprint density at radius 3 is 1.73 bits per heavy atom. The number of aliphatic carboxylic acids is 2. The number of nitrogens with zero attached hydrogens (tertiary/aromatic N) is 2. The van der Waals surface area contributed by atoms with Gasteiger partial charge in [-0.2, -0.15) is 10.5 Å². The largest absolute Gasteiger partial charge is 0.480 e. The third kappa shape index (κ3) is 3.02. The van der Waals surface area contributed by atoms with Crippen molar-refractivity contribution in [1.29, 1.82) is 10.5 Å². The molecular formula is C24H24N2O4. The summed E-state index contributed by atoms with van der Waals surface area (Å²) in [4.78, 5) is 25.3. The maximum absolute atomic E-state index is 12.7. The first-order valence-electron chi connectivity index (χ1n) is 9.66. The first-order valence-corrected chi connectivity index (χ1v) is 9.66. The second kappa shape index (κ2) is 8.39. The summed E-state index contributed by atoms with van der Waals surface area (Å²) >= 11 is 0. The van der Waals surface area contributed by atoms with Crippen LogP contribution >= 0.6 is 0 Å². The second-order valence-corrected chi connectivity index (χ2v) is 7.29. The Kier molecular flexibility index (Phi) is 6.33. The lowest BCUT2D eigenvalue weighted by atomic mass is 9.56. The molecule has 2 rings (SSSR count). The average molecular weight is 404 g/mol. The van der Waals surface area contributed by atoms with Crippen LogP contribution in [-0.4, -0.2) is 22.2 Å². The van der Waals surface area contributed by atoms with E-state index in [4.69, 9.17) is 0 Å². The third-order valence-corrected chi connectivity index (χ3v) is 5.80. The number of hydrogen-bond acceptors (Lipinski definition) is 4. The van der Waals surface area contributed by atoms with Gasteiger partial charge in [-0.15, -0.1) is 0 Å². The van der Waals surface area contributed by atoms with Crippen molar-refractivity contribution in [3.05, 3.63) is 69.8 Å². The van der Waals surface area contributed by atoms with E-state index in [1.807, 2.05) is 20.8 Å². The predicted molar refractivity (Wildman–Crippen MR) is 111 cm³/mol. The summed E-state index contributed by atoms with van der Waals surface area (Å²) in [6.07, 6.45) is 0.979. The van der Waals surface area contributed by atoms with Crippen molar-refractivity contribution in [2.75, 3.05) is 0 Å². The van der Waals surface area contributed by atoms with E-state index in [9.17, 15) is 30.3 Å². The Morgan fingerprint density at radius 2 is 1.33 bits per heavy atom. The smallest absolute Gasteiger partial charge is 0.331 e. The van der Waals surface area contributed by atoms with E-state index in [1.165, 1.54) is 18.2 Å². The Labute approximate surface area is 176 Å². The van der Waals surface area contributed by atoms with Gasteiger partial charge in [-0.3, -0.25) is 9.59 Å². The van der Waals surface area contributed by atoms with Gasteiger partial charge in [0.25, 0.3) is 0 Å². The molecule has 0 heterocycles. The van der Waals surface area contributed by atoms with Gasteiger partial charge in [0.15, 0.2) is 0 Å². The molecule has 0 aliphatic heterocycles. The summed E-state index contributed by atoms with van der Waals surface area (Å²) in [6, 6.07) is 12.7. The van der Waals surface area contributed by atoms with Crippen LogP contribution in [0.25, 0.3) is 0 Å². The molecule has 0 aromatic heterocycles. The lowest BCUT2D eigenvalue weighted by Crippen LogP contribution is -2.58. The van der Waals surface area contributed by atoms with Crippen LogP contribution in [0.15, 0.2) is 36.4 Å². The van der Waals surface area contributed by atoms with Crippen LogP contribution < -0.4 is 0 Å². The molecule has 0 spiro atoms. The minimum absolute atomic E-state index is 0.0481. The first-order chi connectivity index (χ1) is 14.2.